The molecule has 0 radical (unpaired) electrons. The Hall–Kier alpha value is -0.710. The van der Waals surface area contributed by atoms with E-state index in [0.717, 1.165) is 43.6 Å². The second-order valence-corrected chi connectivity index (χ2v) is 7.31. The number of hydrogen-bond donors (Lipinski definition) is 1. The zero-order valence-electron chi connectivity index (χ0n) is 12.6. The van der Waals surface area contributed by atoms with E-state index in [2.05, 4.69) is 0 Å². The summed E-state index contributed by atoms with van der Waals surface area (Å²) in [5.74, 6) is 3.40. The van der Waals surface area contributed by atoms with Crippen LogP contribution >= 0.6 is 11.8 Å². The van der Waals surface area contributed by atoms with Crippen LogP contribution in [0.1, 0.15) is 37.4 Å². The molecule has 1 N–H and O–H groups in total. The van der Waals surface area contributed by atoms with Crippen LogP contribution in [0.5, 0.6) is 5.75 Å². The van der Waals surface area contributed by atoms with Gasteiger partial charge in [-0.1, -0.05) is 18.2 Å². The number of methoxy groups -OCH3 is 1. The van der Waals surface area contributed by atoms with Gasteiger partial charge in [0.1, 0.15) is 5.75 Å². The first-order chi connectivity index (χ1) is 10.2. The van der Waals surface area contributed by atoms with Crippen LogP contribution in [-0.4, -0.2) is 35.9 Å². The fraction of sp³-hybridized carbons (Fsp3) is 0.647. The molecule has 1 spiro atoms. The SMILES string of the molecule is COc1ccccc1C(O)C1CCOC2(CCSCC2)C1. The van der Waals surface area contributed by atoms with Crippen molar-refractivity contribution in [3.05, 3.63) is 29.8 Å². The average molecular weight is 308 g/mol. The lowest BCUT2D eigenvalue weighted by Gasteiger charge is -2.44. The molecule has 2 saturated heterocycles. The Kier molecular flexibility index (Phi) is 4.77. The third-order valence-electron chi connectivity index (χ3n) is 4.84. The predicted octanol–water partition coefficient (Wildman–Crippen LogP) is 3.42. The van der Waals surface area contributed by atoms with Gasteiger partial charge in [-0.2, -0.15) is 11.8 Å². The summed E-state index contributed by atoms with van der Waals surface area (Å²) in [5.41, 5.74) is 0.921. The molecule has 2 unspecified atom stereocenters. The van der Waals surface area contributed by atoms with Crippen LogP contribution in [0, 0.1) is 5.92 Å². The molecule has 1 aromatic rings. The number of hydrogen-bond acceptors (Lipinski definition) is 4. The van der Waals surface area contributed by atoms with Crippen LogP contribution in [0.3, 0.4) is 0 Å². The lowest BCUT2D eigenvalue weighted by molar-refractivity contribution is -0.121. The number of benzene rings is 1. The predicted molar refractivity (Wildman–Crippen MR) is 85.9 cm³/mol. The Morgan fingerprint density at radius 1 is 1.33 bits per heavy atom. The smallest absolute Gasteiger partial charge is 0.124 e. The molecule has 2 aliphatic heterocycles. The minimum absolute atomic E-state index is 0.0111. The van der Waals surface area contributed by atoms with Crippen LogP contribution in [0.2, 0.25) is 0 Å². The molecule has 0 aromatic heterocycles. The highest BCUT2D eigenvalue weighted by atomic mass is 32.2. The molecule has 1 aromatic carbocycles. The van der Waals surface area contributed by atoms with E-state index >= 15 is 0 Å². The van der Waals surface area contributed by atoms with Gasteiger partial charge in [0.2, 0.25) is 0 Å². The van der Waals surface area contributed by atoms with Gasteiger partial charge in [0, 0.05) is 12.2 Å². The van der Waals surface area contributed by atoms with Gasteiger partial charge >= 0.3 is 0 Å². The van der Waals surface area contributed by atoms with Crippen molar-refractivity contribution in [2.45, 2.75) is 37.4 Å². The van der Waals surface area contributed by atoms with Gasteiger partial charge in [0.05, 0.1) is 18.8 Å². The first kappa shape index (κ1) is 15.2. The van der Waals surface area contributed by atoms with Crippen LogP contribution in [0.25, 0.3) is 0 Å². The van der Waals surface area contributed by atoms with Gasteiger partial charge in [-0.3, -0.25) is 0 Å². The summed E-state index contributed by atoms with van der Waals surface area (Å²) >= 11 is 2.01. The van der Waals surface area contributed by atoms with E-state index in [1.165, 1.54) is 11.5 Å². The fourth-order valence-electron chi connectivity index (χ4n) is 3.59. The lowest BCUT2D eigenvalue weighted by Crippen LogP contribution is -2.44. The standard InChI is InChI=1S/C17H24O3S/c1-19-15-5-3-2-4-14(15)16(18)13-6-9-20-17(12-13)7-10-21-11-8-17/h2-5,13,16,18H,6-12H2,1H3. The molecule has 21 heavy (non-hydrogen) atoms. The van der Waals surface area contributed by atoms with Crippen molar-refractivity contribution in [3.63, 3.8) is 0 Å². The summed E-state index contributed by atoms with van der Waals surface area (Å²) in [6.45, 7) is 0.765. The molecule has 2 aliphatic rings. The Labute approximate surface area is 131 Å². The number of ether oxygens (including phenoxy) is 2. The Morgan fingerprint density at radius 3 is 2.86 bits per heavy atom. The highest BCUT2D eigenvalue weighted by Crippen LogP contribution is 2.44. The Balaban J connectivity index is 1.76. The summed E-state index contributed by atoms with van der Waals surface area (Å²) in [7, 11) is 1.66. The van der Waals surface area contributed by atoms with E-state index in [1.807, 2.05) is 36.0 Å². The van der Waals surface area contributed by atoms with Gasteiger partial charge in [0.15, 0.2) is 0 Å². The monoisotopic (exact) mass is 308 g/mol. The van der Waals surface area contributed by atoms with Gasteiger partial charge in [0.25, 0.3) is 0 Å². The van der Waals surface area contributed by atoms with Gasteiger partial charge in [-0.15, -0.1) is 0 Å². The number of aliphatic hydroxyl groups excluding tert-OH is 1. The summed E-state index contributed by atoms with van der Waals surface area (Å²) in [5, 5.41) is 10.8. The maximum atomic E-state index is 10.8. The summed E-state index contributed by atoms with van der Waals surface area (Å²) in [6.07, 6.45) is 3.66. The van der Waals surface area contributed by atoms with E-state index in [-0.39, 0.29) is 11.5 Å². The minimum atomic E-state index is -0.462. The summed E-state index contributed by atoms with van der Waals surface area (Å²) in [4.78, 5) is 0. The Morgan fingerprint density at radius 2 is 2.10 bits per heavy atom. The highest BCUT2D eigenvalue weighted by molar-refractivity contribution is 7.99. The Bertz CT molecular complexity index is 465. The van der Waals surface area contributed by atoms with Crippen molar-refractivity contribution in [1.29, 1.82) is 0 Å². The van der Waals surface area contributed by atoms with Gasteiger partial charge in [-0.05, 0) is 49.2 Å². The topological polar surface area (TPSA) is 38.7 Å². The molecule has 0 bridgehead atoms. The van der Waals surface area contributed by atoms with Crippen molar-refractivity contribution >= 4 is 11.8 Å². The van der Waals surface area contributed by atoms with Crippen LogP contribution in [0.15, 0.2) is 24.3 Å². The number of aliphatic hydroxyl groups is 1. The molecule has 0 saturated carbocycles. The second kappa shape index (κ2) is 6.59. The molecule has 2 atom stereocenters. The van der Waals surface area contributed by atoms with Crippen molar-refractivity contribution in [1.82, 2.24) is 0 Å². The largest absolute Gasteiger partial charge is 0.496 e. The molecular weight excluding hydrogens is 284 g/mol. The molecule has 116 valence electrons. The number of thioether (sulfide) groups is 1. The van der Waals surface area contributed by atoms with Crippen LogP contribution in [-0.2, 0) is 4.74 Å². The van der Waals surface area contributed by atoms with E-state index < -0.39 is 6.10 Å². The van der Waals surface area contributed by atoms with E-state index in [9.17, 15) is 5.11 Å². The molecule has 2 fully saturated rings. The van der Waals surface area contributed by atoms with Crippen molar-refractivity contribution in [3.8, 4) is 5.75 Å². The first-order valence-electron chi connectivity index (χ1n) is 7.77. The summed E-state index contributed by atoms with van der Waals surface area (Å²) < 4.78 is 11.5. The molecule has 0 amide bonds. The molecule has 3 nitrogen and oxygen atoms in total. The highest BCUT2D eigenvalue weighted by Gasteiger charge is 2.41. The van der Waals surface area contributed by atoms with Gasteiger partial charge < -0.3 is 14.6 Å². The van der Waals surface area contributed by atoms with E-state index in [1.54, 1.807) is 7.11 Å². The molecule has 0 aliphatic carbocycles. The first-order valence-corrected chi connectivity index (χ1v) is 8.92. The zero-order chi connectivity index (χ0) is 14.7. The zero-order valence-corrected chi connectivity index (χ0v) is 13.4. The number of para-hydroxylation sites is 1. The molecular formula is C17H24O3S. The maximum Gasteiger partial charge on any atom is 0.124 e. The van der Waals surface area contributed by atoms with Crippen molar-refractivity contribution in [2.24, 2.45) is 5.92 Å². The molecule has 4 heteroatoms. The maximum absolute atomic E-state index is 10.8. The van der Waals surface area contributed by atoms with Crippen LogP contribution < -0.4 is 4.74 Å². The third-order valence-corrected chi connectivity index (χ3v) is 5.82. The number of rotatable bonds is 3. The van der Waals surface area contributed by atoms with Crippen molar-refractivity contribution < 1.29 is 14.6 Å². The average Bonchev–Trinajstić information content (AvgIpc) is 2.55. The fourth-order valence-corrected chi connectivity index (χ4v) is 4.83. The normalized spacial score (nSPS) is 26.5. The minimum Gasteiger partial charge on any atom is -0.496 e. The summed E-state index contributed by atoms with van der Waals surface area (Å²) in [6, 6.07) is 7.81. The van der Waals surface area contributed by atoms with E-state index in [0.29, 0.717) is 0 Å². The lowest BCUT2D eigenvalue weighted by atomic mass is 9.78. The van der Waals surface area contributed by atoms with Crippen molar-refractivity contribution in [2.75, 3.05) is 25.2 Å². The van der Waals surface area contributed by atoms with Crippen LogP contribution in [0.4, 0.5) is 0 Å². The third kappa shape index (κ3) is 3.22. The molecule has 3 rings (SSSR count). The van der Waals surface area contributed by atoms with E-state index in [4.69, 9.17) is 9.47 Å². The van der Waals surface area contributed by atoms with Gasteiger partial charge in [-0.25, -0.2) is 0 Å². The quantitative estimate of drug-likeness (QED) is 0.928. The second-order valence-electron chi connectivity index (χ2n) is 6.08. The molecule has 2 heterocycles.